The molecule has 5 heteroatoms. The van der Waals surface area contributed by atoms with E-state index >= 15 is 0 Å². The maximum atomic E-state index is 12.3. The third kappa shape index (κ3) is 5.53. The van der Waals surface area contributed by atoms with E-state index in [-0.39, 0.29) is 18.3 Å². The minimum absolute atomic E-state index is 0.0543. The van der Waals surface area contributed by atoms with Crippen LogP contribution in [0.4, 0.5) is 0 Å². The van der Waals surface area contributed by atoms with Gasteiger partial charge in [-0.1, -0.05) is 48.5 Å². The van der Waals surface area contributed by atoms with Crippen LogP contribution in [0.25, 0.3) is 11.1 Å². The molecule has 3 rings (SSSR count). The molecular weight excluding hydrogens is 364 g/mol. The Balaban J connectivity index is 1.56. The average molecular weight is 384 g/mol. The number of ether oxygens (including phenoxy) is 1. The Morgan fingerprint density at radius 3 is 2.03 bits per heavy atom. The maximum Gasteiger partial charge on any atom is 0.217 e. The maximum absolute atomic E-state index is 12.3. The second-order valence-corrected chi connectivity index (χ2v) is 6.53. The summed E-state index contributed by atoms with van der Waals surface area (Å²) in [6.45, 7) is 1.85. The van der Waals surface area contributed by atoms with Crippen LogP contribution in [0, 0.1) is 11.3 Å². The first kappa shape index (κ1) is 19.8. The Hall–Kier alpha value is -3.91. The van der Waals surface area contributed by atoms with Crippen molar-refractivity contribution in [2.75, 3.05) is 6.61 Å². The van der Waals surface area contributed by atoms with Gasteiger partial charge in [-0.2, -0.15) is 5.26 Å². The lowest BCUT2D eigenvalue weighted by atomic mass is 10.0. The van der Waals surface area contributed by atoms with Gasteiger partial charge in [0.25, 0.3) is 0 Å². The van der Waals surface area contributed by atoms with Gasteiger partial charge in [-0.05, 0) is 41.0 Å². The van der Waals surface area contributed by atoms with Crippen LogP contribution in [0.1, 0.15) is 28.4 Å². The molecule has 144 valence electrons. The molecular formula is C24H20N2O3. The fraction of sp³-hybridized carbons (Fsp3) is 0.125. The molecule has 3 aromatic rings. The molecule has 0 atom stereocenters. The summed E-state index contributed by atoms with van der Waals surface area (Å²) in [4.78, 5) is 23.3. The molecule has 3 aromatic carbocycles. The predicted molar refractivity (Wildman–Crippen MR) is 110 cm³/mol. The SMILES string of the molecule is CC(=O)NCc1ccc(C(=O)COc2ccc(-c3ccc(C#N)cc3)cc2)cc1. The van der Waals surface area contributed by atoms with Gasteiger partial charge >= 0.3 is 0 Å². The van der Waals surface area contributed by atoms with Crippen LogP contribution in [-0.2, 0) is 11.3 Å². The predicted octanol–water partition coefficient (Wildman–Crippen LogP) is 4.12. The van der Waals surface area contributed by atoms with E-state index in [4.69, 9.17) is 10.00 Å². The number of nitrogens with zero attached hydrogens (tertiary/aromatic N) is 1. The lowest BCUT2D eigenvalue weighted by molar-refractivity contribution is -0.119. The standard InChI is InChI=1S/C24H20N2O3/c1-17(27)26-15-19-4-8-22(9-5-19)24(28)16-29-23-12-10-21(11-13-23)20-6-2-18(14-25)3-7-20/h2-13H,15-16H2,1H3,(H,26,27). The molecule has 0 bridgehead atoms. The van der Waals surface area contributed by atoms with Crippen molar-refractivity contribution in [3.63, 3.8) is 0 Å². The Morgan fingerprint density at radius 1 is 0.897 bits per heavy atom. The van der Waals surface area contributed by atoms with Gasteiger partial charge in [0.2, 0.25) is 5.91 Å². The Labute approximate surface area is 169 Å². The summed E-state index contributed by atoms with van der Waals surface area (Å²) in [5.41, 5.74) is 4.12. The zero-order valence-corrected chi connectivity index (χ0v) is 16.0. The molecule has 0 unspecified atom stereocenters. The van der Waals surface area contributed by atoms with Crippen LogP contribution < -0.4 is 10.1 Å². The molecule has 0 fully saturated rings. The first-order chi connectivity index (χ1) is 14.0. The van der Waals surface area contributed by atoms with Crippen LogP contribution in [0.2, 0.25) is 0 Å². The van der Waals surface area contributed by atoms with E-state index < -0.39 is 0 Å². The monoisotopic (exact) mass is 384 g/mol. The van der Waals surface area contributed by atoms with Gasteiger partial charge < -0.3 is 10.1 Å². The summed E-state index contributed by atoms with van der Waals surface area (Å²) in [7, 11) is 0. The van der Waals surface area contributed by atoms with Gasteiger partial charge in [-0.15, -0.1) is 0 Å². The van der Waals surface area contributed by atoms with Crippen molar-refractivity contribution < 1.29 is 14.3 Å². The van der Waals surface area contributed by atoms with Gasteiger partial charge in [0, 0.05) is 19.0 Å². The largest absolute Gasteiger partial charge is 0.485 e. The number of carbonyl (C=O) groups excluding carboxylic acids is 2. The molecule has 0 aliphatic heterocycles. The number of ketones is 1. The summed E-state index contributed by atoms with van der Waals surface area (Å²) >= 11 is 0. The van der Waals surface area contributed by atoms with Crippen molar-refractivity contribution >= 4 is 11.7 Å². The van der Waals surface area contributed by atoms with Crippen LogP contribution >= 0.6 is 0 Å². The highest BCUT2D eigenvalue weighted by Gasteiger charge is 2.08. The van der Waals surface area contributed by atoms with Crippen molar-refractivity contribution in [2.45, 2.75) is 13.5 Å². The van der Waals surface area contributed by atoms with E-state index in [1.807, 2.05) is 48.5 Å². The van der Waals surface area contributed by atoms with Crippen molar-refractivity contribution in [3.05, 3.63) is 89.5 Å². The molecule has 0 radical (unpaired) electrons. The number of hydrogen-bond donors (Lipinski definition) is 1. The van der Waals surface area contributed by atoms with Gasteiger partial charge in [0.15, 0.2) is 12.4 Å². The second-order valence-electron chi connectivity index (χ2n) is 6.53. The lowest BCUT2D eigenvalue weighted by Gasteiger charge is -2.08. The van der Waals surface area contributed by atoms with Gasteiger partial charge in [-0.25, -0.2) is 0 Å². The highest BCUT2D eigenvalue weighted by molar-refractivity contribution is 5.97. The van der Waals surface area contributed by atoms with Crippen molar-refractivity contribution in [3.8, 4) is 22.9 Å². The zero-order valence-electron chi connectivity index (χ0n) is 16.0. The molecule has 1 amide bonds. The van der Waals surface area contributed by atoms with Gasteiger partial charge in [0.05, 0.1) is 11.6 Å². The van der Waals surface area contributed by atoms with E-state index in [1.165, 1.54) is 6.92 Å². The molecule has 0 saturated heterocycles. The fourth-order valence-corrected chi connectivity index (χ4v) is 2.75. The number of carbonyl (C=O) groups is 2. The molecule has 0 aliphatic carbocycles. The normalized spacial score (nSPS) is 10.1. The molecule has 5 nitrogen and oxygen atoms in total. The number of nitriles is 1. The highest BCUT2D eigenvalue weighted by Crippen LogP contribution is 2.23. The summed E-state index contributed by atoms with van der Waals surface area (Å²) < 4.78 is 5.61. The van der Waals surface area contributed by atoms with E-state index in [9.17, 15) is 9.59 Å². The van der Waals surface area contributed by atoms with Crippen LogP contribution in [0.15, 0.2) is 72.8 Å². The van der Waals surface area contributed by atoms with Crippen molar-refractivity contribution in [1.82, 2.24) is 5.32 Å². The molecule has 0 heterocycles. The molecule has 0 aromatic heterocycles. The zero-order chi connectivity index (χ0) is 20.6. The number of nitrogens with one attached hydrogen (secondary N) is 1. The van der Waals surface area contributed by atoms with E-state index in [2.05, 4.69) is 11.4 Å². The highest BCUT2D eigenvalue weighted by atomic mass is 16.5. The topological polar surface area (TPSA) is 79.2 Å². The Morgan fingerprint density at radius 2 is 1.48 bits per heavy atom. The summed E-state index contributed by atoms with van der Waals surface area (Å²) in [5, 5.41) is 11.6. The number of benzene rings is 3. The van der Waals surface area contributed by atoms with Crippen LogP contribution in [0.5, 0.6) is 5.75 Å². The summed E-state index contributed by atoms with van der Waals surface area (Å²) in [6, 6.07) is 24.0. The molecule has 0 saturated carbocycles. The third-order valence-corrected chi connectivity index (χ3v) is 4.39. The summed E-state index contributed by atoms with van der Waals surface area (Å²) in [6.07, 6.45) is 0. The van der Waals surface area contributed by atoms with Gasteiger partial charge in [-0.3, -0.25) is 9.59 Å². The Kier molecular flexibility index (Phi) is 6.39. The number of Topliss-reactive ketones (excluding diaryl/α,β-unsaturated/α-hetero) is 1. The molecule has 0 aliphatic rings. The minimum Gasteiger partial charge on any atom is -0.485 e. The molecule has 29 heavy (non-hydrogen) atoms. The number of rotatable bonds is 7. The fourth-order valence-electron chi connectivity index (χ4n) is 2.75. The first-order valence-electron chi connectivity index (χ1n) is 9.15. The van der Waals surface area contributed by atoms with Crippen LogP contribution in [0.3, 0.4) is 0 Å². The molecule has 0 spiro atoms. The van der Waals surface area contributed by atoms with Gasteiger partial charge in [0.1, 0.15) is 5.75 Å². The quantitative estimate of drug-likeness (QED) is 0.622. The second kappa shape index (κ2) is 9.34. The number of amides is 1. The van der Waals surface area contributed by atoms with E-state index in [0.717, 1.165) is 16.7 Å². The third-order valence-electron chi connectivity index (χ3n) is 4.39. The lowest BCUT2D eigenvalue weighted by Crippen LogP contribution is -2.19. The van der Waals surface area contributed by atoms with Crippen LogP contribution in [-0.4, -0.2) is 18.3 Å². The average Bonchev–Trinajstić information content (AvgIpc) is 2.77. The smallest absolute Gasteiger partial charge is 0.217 e. The summed E-state index contributed by atoms with van der Waals surface area (Å²) in [5.74, 6) is 0.397. The van der Waals surface area contributed by atoms with E-state index in [0.29, 0.717) is 23.4 Å². The van der Waals surface area contributed by atoms with Crippen molar-refractivity contribution in [2.24, 2.45) is 0 Å². The van der Waals surface area contributed by atoms with E-state index in [1.54, 1.807) is 24.3 Å². The minimum atomic E-state index is -0.118. The van der Waals surface area contributed by atoms with Crippen molar-refractivity contribution in [1.29, 1.82) is 5.26 Å². The first-order valence-corrected chi connectivity index (χ1v) is 9.15. The number of hydrogen-bond acceptors (Lipinski definition) is 4. The molecule has 1 N–H and O–H groups in total. The Bertz CT molecular complexity index is 1030.